The van der Waals surface area contributed by atoms with Crippen LogP contribution in [-0.2, 0) is 21.2 Å². The van der Waals surface area contributed by atoms with Gasteiger partial charge in [0.2, 0.25) is 15.9 Å². The maximum absolute atomic E-state index is 12.4. The highest BCUT2D eigenvalue weighted by molar-refractivity contribution is 7.92. The summed E-state index contributed by atoms with van der Waals surface area (Å²) in [6, 6.07) is 11.1. The molecule has 0 saturated carbocycles. The monoisotopic (exact) mass is 451 g/mol. The number of methoxy groups -OCH3 is 2. The van der Waals surface area contributed by atoms with Crippen LogP contribution in [0.4, 0.5) is 11.4 Å². The molecule has 1 N–H and O–H groups in total. The Bertz CT molecular complexity index is 1020. The van der Waals surface area contributed by atoms with E-state index < -0.39 is 27.4 Å². The van der Waals surface area contributed by atoms with Crippen LogP contribution in [0.2, 0.25) is 0 Å². The number of nitro benzene ring substituents is 1. The fourth-order valence-electron chi connectivity index (χ4n) is 2.87. The van der Waals surface area contributed by atoms with Crippen LogP contribution in [0.3, 0.4) is 0 Å². The summed E-state index contributed by atoms with van der Waals surface area (Å²) < 4.78 is 35.6. The molecule has 1 amide bonds. The summed E-state index contributed by atoms with van der Waals surface area (Å²) in [7, 11) is -1.01. The van der Waals surface area contributed by atoms with Crippen LogP contribution in [0.15, 0.2) is 42.5 Å². The first-order valence-electron chi connectivity index (χ1n) is 9.35. The third kappa shape index (κ3) is 6.85. The number of aryl methyl sites for hydroxylation is 1. The minimum atomic E-state index is -3.91. The molecule has 0 fully saturated rings. The van der Waals surface area contributed by atoms with Crippen molar-refractivity contribution in [2.24, 2.45) is 0 Å². The Morgan fingerprint density at radius 2 is 1.81 bits per heavy atom. The number of carbonyl (C=O) groups excluding carboxylic acids is 1. The standard InChI is InChI=1S/C20H25N3O7S/c1-29-17-9-6-15(7-10-17)5-4-12-21-20(24)14-22(31(3,27)28)18-13-16(23(25)26)8-11-19(18)30-2/h6-11,13H,4-5,12,14H2,1-3H3,(H,21,24). The maximum atomic E-state index is 12.4. The number of hydrogen-bond donors (Lipinski definition) is 1. The first-order valence-corrected chi connectivity index (χ1v) is 11.2. The Morgan fingerprint density at radius 3 is 2.35 bits per heavy atom. The van der Waals surface area contributed by atoms with Gasteiger partial charge in [-0.15, -0.1) is 0 Å². The van der Waals surface area contributed by atoms with E-state index in [1.54, 1.807) is 7.11 Å². The summed E-state index contributed by atoms with van der Waals surface area (Å²) in [5, 5.41) is 13.8. The van der Waals surface area contributed by atoms with Gasteiger partial charge in [0.05, 0.1) is 25.4 Å². The molecule has 31 heavy (non-hydrogen) atoms. The predicted molar refractivity (Wildman–Crippen MR) is 116 cm³/mol. The van der Waals surface area contributed by atoms with E-state index in [4.69, 9.17) is 9.47 Å². The van der Waals surface area contributed by atoms with E-state index in [1.807, 2.05) is 24.3 Å². The van der Waals surface area contributed by atoms with Crippen molar-refractivity contribution in [2.45, 2.75) is 12.8 Å². The Labute approximate surface area is 181 Å². The number of nitrogens with zero attached hydrogens (tertiary/aromatic N) is 2. The molecule has 0 aliphatic carbocycles. The number of rotatable bonds is 11. The molecule has 0 spiro atoms. The molecule has 0 bridgehead atoms. The van der Waals surface area contributed by atoms with Crippen LogP contribution < -0.4 is 19.1 Å². The van der Waals surface area contributed by atoms with Gasteiger partial charge >= 0.3 is 0 Å². The quantitative estimate of drug-likeness (QED) is 0.315. The van der Waals surface area contributed by atoms with Crippen molar-refractivity contribution in [3.05, 3.63) is 58.1 Å². The van der Waals surface area contributed by atoms with Crippen molar-refractivity contribution in [1.82, 2.24) is 5.32 Å². The highest BCUT2D eigenvalue weighted by atomic mass is 32.2. The lowest BCUT2D eigenvalue weighted by molar-refractivity contribution is -0.384. The zero-order valence-corrected chi connectivity index (χ0v) is 18.3. The number of carbonyl (C=O) groups is 1. The van der Waals surface area contributed by atoms with E-state index >= 15 is 0 Å². The lowest BCUT2D eigenvalue weighted by Crippen LogP contribution is -2.40. The fraction of sp³-hybridized carbons (Fsp3) is 0.350. The highest BCUT2D eigenvalue weighted by Gasteiger charge is 2.26. The lowest BCUT2D eigenvalue weighted by Gasteiger charge is -2.23. The van der Waals surface area contributed by atoms with Crippen LogP contribution in [0.1, 0.15) is 12.0 Å². The Morgan fingerprint density at radius 1 is 1.13 bits per heavy atom. The normalized spacial score (nSPS) is 10.9. The third-order valence-corrected chi connectivity index (χ3v) is 5.58. The van der Waals surface area contributed by atoms with Crippen LogP contribution in [-0.4, -0.2) is 52.8 Å². The molecule has 0 aromatic heterocycles. The van der Waals surface area contributed by atoms with Crippen LogP contribution in [0.5, 0.6) is 11.5 Å². The summed E-state index contributed by atoms with van der Waals surface area (Å²) in [5.74, 6) is 0.326. The van der Waals surface area contributed by atoms with Gasteiger partial charge in [0, 0.05) is 18.7 Å². The van der Waals surface area contributed by atoms with Gasteiger partial charge in [0.25, 0.3) is 5.69 Å². The summed E-state index contributed by atoms with van der Waals surface area (Å²) in [6.07, 6.45) is 2.29. The number of nitro groups is 1. The van der Waals surface area contributed by atoms with E-state index in [1.165, 1.54) is 19.2 Å². The Kier molecular flexibility index (Phi) is 8.20. The highest BCUT2D eigenvalue weighted by Crippen LogP contribution is 2.33. The van der Waals surface area contributed by atoms with Crippen LogP contribution >= 0.6 is 0 Å². The molecular weight excluding hydrogens is 426 g/mol. The first-order chi connectivity index (χ1) is 14.7. The molecule has 2 aromatic rings. The molecule has 2 rings (SSSR count). The maximum Gasteiger partial charge on any atom is 0.271 e. The van der Waals surface area contributed by atoms with Crippen LogP contribution in [0.25, 0.3) is 0 Å². The molecule has 2 aromatic carbocycles. The van der Waals surface area contributed by atoms with Crippen molar-refractivity contribution in [2.75, 3.05) is 37.9 Å². The van der Waals surface area contributed by atoms with Gasteiger partial charge in [-0.3, -0.25) is 19.2 Å². The average Bonchev–Trinajstić information content (AvgIpc) is 2.74. The molecule has 0 heterocycles. The Balaban J connectivity index is 2.03. The van der Waals surface area contributed by atoms with Gasteiger partial charge in [0.1, 0.15) is 23.7 Å². The van der Waals surface area contributed by atoms with E-state index in [-0.39, 0.29) is 17.1 Å². The van der Waals surface area contributed by atoms with Gasteiger partial charge in [-0.25, -0.2) is 8.42 Å². The predicted octanol–water partition coefficient (Wildman–Crippen LogP) is 2.13. The number of nitrogens with one attached hydrogen (secondary N) is 1. The third-order valence-electron chi connectivity index (χ3n) is 4.45. The topological polar surface area (TPSA) is 128 Å². The minimum Gasteiger partial charge on any atom is -0.497 e. The molecule has 11 heteroatoms. The van der Waals surface area contributed by atoms with Crippen molar-refractivity contribution >= 4 is 27.3 Å². The fourth-order valence-corrected chi connectivity index (χ4v) is 3.72. The number of sulfonamides is 1. The molecule has 0 aliphatic rings. The van der Waals surface area contributed by atoms with E-state index in [0.717, 1.165) is 34.4 Å². The van der Waals surface area contributed by atoms with Crippen molar-refractivity contribution in [3.8, 4) is 11.5 Å². The average molecular weight is 452 g/mol. The van der Waals surface area contributed by atoms with Gasteiger partial charge in [-0.2, -0.15) is 0 Å². The molecule has 0 aliphatic heterocycles. The Hall–Kier alpha value is -3.34. The summed E-state index contributed by atoms with van der Waals surface area (Å²) in [4.78, 5) is 22.8. The molecule has 0 atom stereocenters. The first kappa shape index (κ1) is 23.9. The van der Waals surface area contributed by atoms with E-state index in [2.05, 4.69) is 5.32 Å². The van der Waals surface area contributed by atoms with Gasteiger partial charge in [0.15, 0.2) is 0 Å². The van der Waals surface area contributed by atoms with E-state index in [9.17, 15) is 23.3 Å². The minimum absolute atomic E-state index is 0.0763. The molecule has 0 radical (unpaired) electrons. The molecule has 10 nitrogen and oxygen atoms in total. The van der Waals surface area contributed by atoms with Crippen LogP contribution in [0, 0.1) is 10.1 Å². The zero-order chi connectivity index (χ0) is 23.0. The molecule has 0 saturated heterocycles. The smallest absolute Gasteiger partial charge is 0.271 e. The summed E-state index contributed by atoms with van der Waals surface area (Å²) in [5.41, 5.74) is 0.686. The molecule has 0 unspecified atom stereocenters. The second-order valence-electron chi connectivity index (χ2n) is 6.68. The largest absolute Gasteiger partial charge is 0.497 e. The molecular formula is C20H25N3O7S. The lowest BCUT2D eigenvalue weighted by atomic mass is 10.1. The second-order valence-corrected chi connectivity index (χ2v) is 8.59. The van der Waals surface area contributed by atoms with Gasteiger partial charge in [-0.1, -0.05) is 12.1 Å². The number of anilines is 1. The number of hydrogen-bond acceptors (Lipinski definition) is 7. The SMILES string of the molecule is COc1ccc(CCCNC(=O)CN(c2cc([N+](=O)[O-])ccc2OC)S(C)(=O)=O)cc1. The van der Waals surface area contributed by atoms with Crippen molar-refractivity contribution in [1.29, 1.82) is 0 Å². The van der Waals surface area contributed by atoms with Crippen molar-refractivity contribution in [3.63, 3.8) is 0 Å². The van der Waals surface area contributed by atoms with E-state index in [0.29, 0.717) is 13.0 Å². The summed E-state index contributed by atoms with van der Waals surface area (Å²) in [6.45, 7) is -0.187. The number of non-ortho nitro benzene ring substituents is 1. The van der Waals surface area contributed by atoms with Gasteiger partial charge in [-0.05, 0) is 36.6 Å². The number of ether oxygens (including phenoxy) is 2. The summed E-state index contributed by atoms with van der Waals surface area (Å²) >= 11 is 0. The second kappa shape index (κ2) is 10.6. The zero-order valence-electron chi connectivity index (χ0n) is 17.5. The van der Waals surface area contributed by atoms with Gasteiger partial charge < -0.3 is 14.8 Å². The number of benzene rings is 2. The molecule has 168 valence electrons. The van der Waals surface area contributed by atoms with Crippen molar-refractivity contribution < 1.29 is 27.6 Å². The number of amides is 1.